The van der Waals surface area contributed by atoms with Crippen molar-refractivity contribution in [2.45, 2.75) is 6.18 Å². The van der Waals surface area contributed by atoms with E-state index in [2.05, 4.69) is 5.32 Å². The van der Waals surface area contributed by atoms with Gasteiger partial charge in [-0.3, -0.25) is 9.69 Å². The number of carboxylic acids is 1. The van der Waals surface area contributed by atoms with Crippen molar-refractivity contribution in [3.05, 3.63) is 0 Å². The molecular weight excluding hydrogens is 213 g/mol. The summed E-state index contributed by atoms with van der Waals surface area (Å²) in [5.74, 6) is -4.09. The minimum atomic E-state index is -4.67. The number of piperazine rings is 1. The van der Waals surface area contributed by atoms with Gasteiger partial charge in [0.15, 0.2) is 5.92 Å². The van der Waals surface area contributed by atoms with Gasteiger partial charge in [0.05, 0.1) is 0 Å². The van der Waals surface area contributed by atoms with E-state index in [0.717, 1.165) is 0 Å². The number of aliphatic carboxylic acids is 1. The topological polar surface area (TPSA) is 52.6 Å². The molecule has 4 nitrogen and oxygen atoms in total. The highest BCUT2D eigenvalue weighted by atomic mass is 19.4. The third kappa shape index (κ3) is 3.67. The summed E-state index contributed by atoms with van der Waals surface area (Å²) in [4.78, 5) is 12.0. The fourth-order valence-corrected chi connectivity index (χ4v) is 1.47. The molecule has 1 saturated heterocycles. The van der Waals surface area contributed by atoms with Crippen LogP contribution in [0.4, 0.5) is 13.2 Å². The molecule has 7 heteroatoms. The summed E-state index contributed by atoms with van der Waals surface area (Å²) < 4.78 is 36.9. The van der Waals surface area contributed by atoms with Crippen molar-refractivity contribution >= 4 is 5.97 Å². The molecule has 88 valence electrons. The van der Waals surface area contributed by atoms with Gasteiger partial charge in [0.25, 0.3) is 0 Å². The van der Waals surface area contributed by atoms with E-state index in [9.17, 15) is 18.0 Å². The van der Waals surface area contributed by atoms with Gasteiger partial charge in [-0.15, -0.1) is 0 Å². The molecule has 1 aliphatic heterocycles. The first-order chi connectivity index (χ1) is 6.91. The first kappa shape index (κ1) is 12.3. The van der Waals surface area contributed by atoms with Crippen LogP contribution in [0, 0.1) is 5.92 Å². The number of halogens is 3. The van der Waals surface area contributed by atoms with Gasteiger partial charge >= 0.3 is 12.1 Å². The van der Waals surface area contributed by atoms with Gasteiger partial charge in [-0.25, -0.2) is 0 Å². The van der Waals surface area contributed by atoms with E-state index in [4.69, 9.17) is 5.11 Å². The van der Waals surface area contributed by atoms with Crippen LogP contribution in [0.2, 0.25) is 0 Å². The summed E-state index contributed by atoms with van der Waals surface area (Å²) in [6, 6.07) is 0. The van der Waals surface area contributed by atoms with Crippen molar-refractivity contribution in [1.82, 2.24) is 10.2 Å². The lowest BCUT2D eigenvalue weighted by Crippen LogP contribution is -2.49. The summed E-state index contributed by atoms with van der Waals surface area (Å²) in [5.41, 5.74) is 0. The first-order valence-electron chi connectivity index (χ1n) is 4.64. The van der Waals surface area contributed by atoms with Gasteiger partial charge in [-0.2, -0.15) is 13.2 Å². The third-order valence-corrected chi connectivity index (χ3v) is 2.34. The average Bonchev–Trinajstić information content (AvgIpc) is 2.13. The zero-order valence-electron chi connectivity index (χ0n) is 8.05. The fourth-order valence-electron chi connectivity index (χ4n) is 1.47. The summed E-state index contributed by atoms with van der Waals surface area (Å²) in [7, 11) is 0. The molecule has 1 heterocycles. The molecule has 0 radical (unpaired) electrons. The van der Waals surface area contributed by atoms with Crippen LogP contribution in [0.5, 0.6) is 0 Å². The Kier molecular flexibility index (Phi) is 3.92. The minimum absolute atomic E-state index is 0.458. The molecular formula is C8H13F3N2O2. The van der Waals surface area contributed by atoms with E-state index in [1.807, 2.05) is 0 Å². The highest BCUT2D eigenvalue weighted by molar-refractivity contribution is 5.71. The Morgan fingerprint density at radius 3 is 2.33 bits per heavy atom. The Balaban J connectivity index is 2.54. The van der Waals surface area contributed by atoms with Crippen LogP contribution in [0.25, 0.3) is 0 Å². The third-order valence-electron chi connectivity index (χ3n) is 2.34. The quantitative estimate of drug-likeness (QED) is 0.719. The molecule has 15 heavy (non-hydrogen) atoms. The first-order valence-corrected chi connectivity index (χ1v) is 4.64. The van der Waals surface area contributed by atoms with E-state index >= 15 is 0 Å². The Bertz CT molecular complexity index is 226. The number of carboxylic acid groups (broad SMARTS) is 1. The summed E-state index contributed by atoms with van der Waals surface area (Å²) >= 11 is 0. The molecule has 0 aliphatic carbocycles. The molecule has 0 amide bonds. The number of alkyl halides is 3. The molecule has 1 fully saturated rings. The molecule has 1 atom stereocenters. The van der Waals surface area contributed by atoms with Crippen LogP contribution >= 0.6 is 0 Å². The van der Waals surface area contributed by atoms with E-state index in [1.165, 1.54) is 4.90 Å². The average molecular weight is 226 g/mol. The molecule has 0 aromatic rings. The molecule has 0 saturated carbocycles. The second-order valence-electron chi connectivity index (χ2n) is 3.48. The smallest absolute Gasteiger partial charge is 0.403 e. The van der Waals surface area contributed by atoms with E-state index in [1.54, 1.807) is 0 Å². The van der Waals surface area contributed by atoms with E-state index < -0.39 is 24.6 Å². The summed E-state index contributed by atoms with van der Waals surface area (Å²) in [6.45, 7) is 1.66. The number of nitrogens with zero attached hydrogens (tertiary/aromatic N) is 1. The van der Waals surface area contributed by atoms with Crippen LogP contribution in [0.3, 0.4) is 0 Å². The van der Waals surface area contributed by atoms with Crippen LogP contribution < -0.4 is 5.32 Å². The van der Waals surface area contributed by atoms with Crippen molar-refractivity contribution in [3.8, 4) is 0 Å². The Morgan fingerprint density at radius 1 is 1.40 bits per heavy atom. The standard InChI is InChI=1S/C8H13F3N2O2/c9-8(10,11)6(7(14)15)5-13-3-1-12-2-4-13/h6,12H,1-5H2,(H,14,15). The van der Waals surface area contributed by atoms with Crippen molar-refractivity contribution in [2.75, 3.05) is 32.7 Å². The van der Waals surface area contributed by atoms with Crippen molar-refractivity contribution in [1.29, 1.82) is 0 Å². The number of hydrogen-bond donors (Lipinski definition) is 2. The van der Waals surface area contributed by atoms with Gasteiger partial charge in [0, 0.05) is 32.7 Å². The molecule has 0 spiro atoms. The van der Waals surface area contributed by atoms with Gasteiger partial charge in [0.1, 0.15) is 0 Å². The van der Waals surface area contributed by atoms with E-state index in [-0.39, 0.29) is 0 Å². The maximum absolute atomic E-state index is 12.3. The summed E-state index contributed by atoms with van der Waals surface area (Å²) in [6.07, 6.45) is -4.67. The summed E-state index contributed by atoms with van der Waals surface area (Å²) in [5, 5.41) is 11.5. The predicted molar refractivity (Wildman–Crippen MR) is 46.5 cm³/mol. The maximum Gasteiger partial charge on any atom is 0.403 e. The SMILES string of the molecule is O=C(O)C(CN1CCNCC1)C(F)(F)F. The van der Waals surface area contributed by atoms with Crippen LogP contribution in [-0.2, 0) is 4.79 Å². The lowest BCUT2D eigenvalue weighted by atomic mass is 10.1. The Morgan fingerprint density at radius 2 is 1.93 bits per heavy atom. The highest BCUT2D eigenvalue weighted by Crippen LogP contribution is 2.27. The molecule has 0 aromatic carbocycles. The van der Waals surface area contributed by atoms with E-state index in [0.29, 0.717) is 26.2 Å². The zero-order valence-corrected chi connectivity index (χ0v) is 8.05. The van der Waals surface area contributed by atoms with Gasteiger partial charge in [-0.05, 0) is 0 Å². The second-order valence-corrected chi connectivity index (χ2v) is 3.48. The van der Waals surface area contributed by atoms with Gasteiger partial charge < -0.3 is 10.4 Å². The van der Waals surface area contributed by atoms with Crippen LogP contribution in [-0.4, -0.2) is 54.9 Å². The van der Waals surface area contributed by atoms with Gasteiger partial charge in [0.2, 0.25) is 0 Å². The molecule has 1 aliphatic rings. The normalized spacial score (nSPS) is 21.3. The lowest BCUT2D eigenvalue weighted by molar-refractivity contribution is -0.196. The van der Waals surface area contributed by atoms with Crippen molar-refractivity contribution in [2.24, 2.45) is 5.92 Å². The number of rotatable bonds is 3. The highest BCUT2D eigenvalue weighted by Gasteiger charge is 2.45. The number of nitrogens with one attached hydrogen (secondary N) is 1. The molecule has 1 unspecified atom stereocenters. The molecule has 1 rings (SSSR count). The molecule has 0 aromatic heterocycles. The molecule has 2 N–H and O–H groups in total. The minimum Gasteiger partial charge on any atom is -0.481 e. The second kappa shape index (κ2) is 4.80. The van der Waals surface area contributed by atoms with Gasteiger partial charge in [-0.1, -0.05) is 0 Å². The van der Waals surface area contributed by atoms with Crippen molar-refractivity contribution < 1.29 is 23.1 Å². The van der Waals surface area contributed by atoms with Crippen molar-refractivity contribution in [3.63, 3.8) is 0 Å². The van der Waals surface area contributed by atoms with Crippen LogP contribution in [0.1, 0.15) is 0 Å². The maximum atomic E-state index is 12.3. The Labute approximate surface area is 85.1 Å². The van der Waals surface area contributed by atoms with Crippen LogP contribution in [0.15, 0.2) is 0 Å². The number of hydrogen-bond acceptors (Lipinski definition) is 3. The Hall–Kier alpha value is -0.820. The number of carbonyl (C=O) groups is 1. The fraction of sp³-hybridized carbons (Fsp3) is 0.875. The predicted octanol–water partition coefficient (Wildman–Crippen LogP) is 0.155. The zero-order chi connectivity index (χ0) is 11.5. The largest absolute Gasteiger partial charge is 0.481 e. The monoisotopic (exact) mass is 226 g/mol. The lowest BCUT2D eigenvalue weighted by Gasteiger charge is -2.30. The molecule has 0 bridgehead atoms.